The summed E-state index contributed by atoms with van der Waals surface area (Å²) < 4.78 is 35.1. The first-order chi connectivity index (χ1) is 14.5. The second-order valence-electron chi connectivity index (χ2n) is 6.75. The number of rotatable bonds is 9. The second-order valence-corrected chi connectivity index (χ2v) is 11.2. The lowest BCUT2D eigenvalue weighted by atomic mass is 10.2. The molecule has 4 rings (SSSR count). The molecule has 1 fully saturated rings. The molecular formula is C18H20N4O5S3. The number of amides is 1. The zero-order valence-corrected chi connectivity index (χ0v) is 18.3. The van der Waals surface area contributed by atoms with Crippen LogP contribution in [0.4, 0.5) is 5.13 Å². The van der Waals surface area contributed by atoms with Crippen molar-refractivity contribution in [2.45, 2.75) is 29.9 Å². The zero-order valence-electron chi connectivity index (χ0n) is 15.9. The largest absolute Gasteiger partial charge is 0.467 e. The van der Waals surface area contributed by atoms with Gasteiger partial charge in [0.15, 0.2) is 14.2 Å². The van der Waals surface area contributed by atoms with Crippen molar-refractivity contribution in [1.82, 2.24) is 15.1 Å². The fourth-order valence-electron chi connectivity index (χ4n) is 3.13. The van der Waals surface area contributed by atoms with Crippen LogP contribution in [-0.2, 0) is 27.7 Å². The van der Waals surface area contributed by atoms with E-state index in [-0.39, 0.29) is 35.8 Å². The highest BCUT2D eigenvalue weighted by atomic mass is 32.2. The maximum atomic E-state index is 12.9. The Bertz CT molecular complexity index is 1060. The van der Waals surface area contributed by atoms with E-state index in [0.29, 0.717) is 28.2 Å². The van der Waals surface area contributed by atoms with E-state index < -0.39 is 9.84 Å². The van der Waals surface area contributed by atoms with Gasteiger partial charge in [-0.25, -0.2) is 8.42 Å². The van der Waals surface area contributed by atoms with Gasteiger partial charge in [-0.05, 0) is 30.7 Å². The first-order valence-corrected chi connectivity index (χ1v) is 12.9. The second kappa shape index (κ2) is 9.23. The van der Waals surface area contributed by atoms with Crippen molar-refractivity contribution in [1.29, 1.82) is 0 Å². The van der Waals surface area contributed by atoms with Gasteiger partial charge in [-0.15, -0.1) is 10.2 Å². The van der Waals surface area contributed by atoms with Crippen LogP contribution in [0.25, 0.3) is 0 Å². The Hall–Kier alpha value is -2.31. The number of sulfone groups is 1. The summed E-state index contributed by atoms with van der Waals surface area (Å²) in [6.07, 6.45) is 3.59. The third-order valence-electron chi connectivity index (χ3n) is 4.60. The molecule has 1 aliphatic heterocycles. The number of nitrogens with one attached hydrogen (secondary N) is 1. The van der Waals surface area contributed by atoms with E-state index in [0.717, 1.165) is 5.76 Å². The molecular weight excluding hydrogens is 448 g/mol. The van der Waals surface area contributed by atoms with Gasteiger partial charge < -0.3 is 19.1 Å². The third kappa shape index (κ3) is 5.43. The number of hydrogen-bond donors (Lipinski definition) is 1. The Morgan fingerprint density at radius 1 is 1.23 bits per heavy atom. The molecule has 9 nitrogen and oxygen atoms in total. The van der Waals surface area contributed by atoms with Crippen molar-refractivity contribution in [2.75, 3.05) is 22.6 Å². The molecule has 30 heavy (non-hydrogen) atoms. The molecule has 160 valence electrons. The van der Waals surface area contributed by atoms with Crippen LogP contribution in [0.1, 0.15) is 17.9 Å². The molecule has 1 unspecified atom stereocenters. The number of aromatic nitrogens is 2. The first kappa shape index (κ1) is 20.9. The Kier molecular flexibility index (Phi) is 6.44. The van der Waals surface area contributed by atoms with Crippen molar-refractivity contribution in [2.24, 2.45) is 0 Å². The van der Waals surface area contributed by atoms with Crippen LogP contribution in [0.5, 0.6) is 0 Å². The first-order valence-electron chi connectivity index (χ1n) is 9.23. The molecule has 0 radical (unpaired) electrons. The highest BCUT2D eigenvalue weighted by Crippen LogP contribution is 2.27. The molecule has 3 aromatic heterocycles. The topological polar surface area (TPSA) is 119 Å². The van der Waals surface area contributed by atoms with Crippen LogP contribution in [-0.4, -0.2) is 52.7 Å². The number of anilines is 1. The molecule has 0 spiro atoms. The molecule has 1 atom stereocenters. The average Bonchev–Trinajstić information content (AvgIpc) is 3.51. The van der Waals surface area contributed by atoms with Gasteiger partial charge in [0.2, 0.25) is 11.0 Å². The molecule has 0 aromatic carbocycles. The molecule has 0 saturated carbocycles. The monoisotopic (exact) mass is 468 g/mol. The molecule has 1 N–H and O–H groups in total. The van der Waals surface area contributed by atoms with Gasteiger partial charge in [0.05, 0.1) is 42.9 Å². The summed E-state index contributed by atoms with van der Waals surface area (Å²) in [7, 11) is -3.11. The minimum Gasteiger partial charge on any atom is -0.467 e. The lowest BCUT2D eigenvalue weighted by Crippen LogP contribution is -2.41. The van der Waals surface area contributed by atoms with E-state index in [2.05, 4.69) is 15.5 Å². The summed E-state index contributed by atoms with van der Waals surface area (Å²) in [5, 5.41) is 11.9. The third-order valence-corrected chi connectivity index (χ3v) is 8.34. The number of hydrogen-bond acceptors (Lipinski definition) is 10. The molecule has 3 aromatic rings. The summed E-state index contributed by atoms with van der Waals surface area (Å²) in [5.74, 6) is 1.49. The Labute approximate surface area is 181 Å². The maximum Gasteiger partial charge on any atom is 0.233 e. The van der Waals surface area contributed by atoms with Gasteiger partial charge in [0, 0.05) is 6.04 Å². The van der Waals surface area contributed by atoms with E-state index in [1.54, 1.807) is 23.3 Å². The van der Waals surface area contributed by atoms with Gasteiger partial charge >= 0.3 is 0 Å². The van der Waals surface area contributed by atoms with Crippen LogP contribution in [0.15, 0.2) is 50.0 Å². The quantitative estimate of drug-likeness (QED) is 0.473. The maximum absolute atomic E-state index is 12.9. The van der Waals surface area contributed by atoms with Crippen molar-refractivity contribution in [3.63, 3.8) is 0 Å². The van der Waals surface area contributed by atoms with Crippen molar-refractivity contribution >= 4 is 44.0 Å². The smallest absolute Gasteiger partial charge is 0.233 e. The van der Waals surface area contributed by atoms with Crippen LogP contribution in [0.3, 0.4) is 0 Å². The number of carbonyl (C=O) groups is 1. The fourth-order valence-corrected chi connectivity index (χ4v) is 6.50. The van der Waals surface area contributed by atoms with Gasteiger partial charge in [-0.2, -0.15) is 0 Å². The summed E-state index contributed by atoms with van der Waals surface area (Å²) in [4.78, 5) is 14.5. The van der Waals surface area contributed by atoms with Crippen molar-refractivity contribution < 1.29 is 22.0 Å². The molecule has 1 saturated heterocycles. The van der Waals surface area contributed by atoms with Crippen molar-refractivity contribution in [3.05, 3.63) is 48.3 Å². The van der Waals surface area contributed by atoms with Crippen LogP contribution < -0.4 is 5.32 Å². The minimum atomic E-state index is -3.11. The number of thioether (sulfide) groups is 1. The SMILES string of the molecule is O=C(CSc1nnc(NCc2ccco2)s1)N(Cc1ccco1)C1CCS(=O)(=O)C1. The predicted molar refractivity (Wildman–Crippen MR) is 113 cm³/mol. The van der Waals surface area contributed by atoms with Crippen LogP contribution >= 0.6 is 23.1 Å². The van der Waals surface area contributed by atoms with Crippen LogP contribution in [0.2, 0.25) is 0 Å². The van der Waals surface area contributed by atoms with Crippen molar-refractivity contribution in [3.8, 4) is 0 Å². The summed E-state index contributed by atoms with van der Waals surface area (Å²) in [6, 6.07) is 6.86. The average molecular weight is 469 g/mol. The number of carbonyl (C=O) groups excluding carboxylic acids is 1. The lowest BCUT2D eigenvalue weighted by molar-refractivity contribution is -0.131. The lowest BCUT2D eigenvalue weighted by Gasteiger charge is -2.27. The normalized spacial score (nSPS) is 17.8. The number of nitrogens with zero attached hydrogens (tertiary/aromatic N) is 3. The fraction of sp³-hybridized carbons (Fsp3) is 0.389. The van der Waals surface area contributed by atoms with E-state index in [9.17, 15) is 13.2 Å². The Balaban J connectivity index is 1.35. The van der Waals surface area contributed by atoms with Gasteiger partial charge in [0.1, 0.15) is 11.5 Å². The van der Waals surface area contributed by atoms with Gasteiger partial charge in [0.25, 0.3) is 0 Å². The van der Waals surface area contributed by atoms with Crippen LogP contribution in [0, 0.1) is 0 Å². The predicted octanol–water partition coefficient (Wildman–Crippen LogP) is 2.64. The summed E-state index contributed by atoms with van der Waals surface area (Å²) >= 11 is 2.63. The number of furan rings is 2. The summed E-state index contributed by atoms with van der Waals surface area (Å²) in [6.45, 7) is 0.747. The molecule has 0 aliphatic carbocycles. The van der Waals surface area contributed by atoms with E-state index in [1.807, 2.05) is 12.1 Å². The summed E-state index contributed by atoms with van der Waals surface area (Å²) in [5.41, 5.74) is 0. The molecule has 1 amide bonds. The van der Waals surface area contributed by atoms with Gasteiger partial charge in [-0.1, -0.05) is 23.1 Å². The van der Waals surface area contributed by atoms with E-state index >= 15 is 0 Å². The molecule has 1 aliphatic rings. The van der Waals surface area contributed by atoms with Gasteiger partial charge in [-0.3, -0.25) is 4.79 Å². The Morgan fingerprint density at radius 3 is 2.67 bits per heavy atom. The Morgan fingerprint density at radius 2 is 2.00 bits per heavy atom. The van der Waals surface area contributed by atoms with E-state index in [4.69, 9.17) is 8.83 Å². The highest BCUT2D eigenvalue weighted by molar-refractivity contribution is 8.01. The zero-order chi connectivity index (χ0) is 21.0. The standard InChI is InChI=1S/C18H20N4O5S3/c23-16(11-28-18-21-20-17(29-18)19-9-14-3-1-6-26-14)22(10-15-4-2-7-27-15)13-5-8-30(24,25)12-13/h1-4,6-7,13H,5,8-12H2,(H,19,20). The molecule has 4 heterocycles. The van der Waals surface area contributed by atoms with E-state index in [1.165, 1.54) is 29.4 Å². The highest BCUT2D eigenvalue weighted by Gasteiger charge is 2.35. The molecule has 0 bridgehead atoms. The minimum absolute atomic E-state index is 0.0101. The molecule has 12 heteroatoms.